The second-order valence-electron chi connectivity index (χ2n) is 8.48. The fourth-order valence-corrected chi connectivity index (χ4v) is 3.33. The van der Waals surface area contributed by atoms with Crippen molar-refractivity contribution in [1.29, 1.82) is 0 Å². The van der Waals surface area contributed by atoms with Gasteiger partial charge in [0.1, 0.15) is 24.2 Å². The minimum Gasteiger partial charge on any atom is -0.497 e. The number of carbonyl (C=O) groups is 2. The van der Waals surface area contributed by atoms with Gasteiger partial charge in [-0.05, 0) is 56.3 Å². The molecule has 0 heterocycles. The zero-order chi connectivity index (χ0) is 25.8. The quantitative estimate of drug-likeness (QED) is 0.372. The lowest BCUT2D eigenvalue weighted by Crippen LogP contribution is -2.32. The van der Waals surface area contributed by atoms with Crippen molar-refractivity contribution in [1.82, 2.24) is 4.90 Å². The molecule has 0 unspecified atom stereocenters. The van der Waals surface area contributed by atoms with Crippen molar-refractivity contribution in [2.24, 2.45) is 0 Å². The van der Waals surface area contributed by atoms with E-state index in [0.29, 0.717) is 18.7 Å². The number of ether oxygens (including phenoxy) is 3. The highest BCUT2D eigenvalue weighted by atomic mass is 19.3. The summed E-state index contributed by atoms with van der Waals surface area (Å²) in [6, 6.07) is 15.4. The first kappa shape index (κ1) is 28.0. The minimum atomic E-state index is -3.98. The number of para-hydroxylation sites is 1. The predicted octanol–water partition coefficient (Wildman–Crippen LogP) is 4.22. The highest BCUT2D eigenvalue weighted by Gasteiger charge is 2.39. The Kier molecular flexibility index (Phi) is 10.9. The van der Waals surface area contributed by atoms with Crippen LogP contribution in [-0.2, 0) is 27.2 Å². The number of hydrogen-bond donors (Lipinski definition) is 1. The van der Waals surface area contributed by atoms with E-state index in [9.17, 15) is 18.4 Å². The minimum absolute atomic E-state index is 0.0467. The average Bonchev–Trinajstić information content (AvgIpc) is 2.83. The summed E-state index contributed by atoms with van der Waals surface area (Å²) in [5, 5.41) is 8.53. The normalized spacial score (nSPS) is 12.3. The lowest BCUT2D eigenvalue weighted by atomic mass is 10.0. The van der Waals surface area contributed by atoms with Crippen LogP contribution in [0.1, 0.15) is 30.4 Å². The lowest BCUT2D eigenvalue weighted by Gasteiger charge is -2.21. The van der Waals surface area contributed by atoms with Gasteiger partial charge in [0.25, 0.3) is 0 Å². The molecule has 2 aromatic rings. The van der Waals surface area contributed by atoms with Crippen LogP contribution in [0.25, 0.3) is 0 Å². The van der Waals surface area contributed by atoms with Gasteiger partial charge >= 0.3 is 17.9 Å². The third kappa shape index (κ3) is 9.90. The summed E-state index contributed by atoms with van der Waals surface area (Å²) >= 11 is 0. The van der Waals surface area contributed by atoms with Crippen LogP contribution in [-0.4, -0.2) is 68.3 Å². The molecule has 0 aromatic heterocycles. The Labute approximate surface area is 204 Å². The summed E-state index contributed by atoms with van der Waals surface area (Å²) in [5.74, 6) is -5.68. The maximum Gasteiger partial charge on any atom is 0.374 e. The number of halogens is 2. The number of nitrogens with zero attached hydrogens (tertiary/aromatic N) is 1. The summed E-state index contributed by atoms with van der Waals surface area (Å²) in [4.78, 5) is 24.6. The van der Waals surface area contributed by atoms with Crippen LogP contribution in [0.5, 0.6) is 11.5 Å². The SMILES string of the molecule is COc1cccc(CCc2ccccc2OC[C@@H](CCN(C)C)OC(=O)CCC(F)(F)C(=O)O)c1. The van der Waals surface area contributed by atoms with E-state index in [0.717, 1.165) is 29.7 Å². The van der Waals surface area contributed by atoms with Crippen molar-refractivity contribution in [2.45, 2.75) is 44.1 Å². The highest BCUT2D eigenvalue weighted by Crippen LogP contribution is 2.23. The Balaban J connectivity index is 1.99. The third-order valence-corrected chi connectivity index (χ3v) is 5.37. The van der Waals surface area contributed by atoms with E-state index in [1.54, 1.807) is 7.11 Å². The van der Waals surface area contributed by atoms with Crippen molar-refractivity contribution in [3.05, 3.63) is 59.7 Å². The second kappa shape index (κ2) is 13.6. The van der Waals surface area contributed by atoms with Gasteiger partial charge in [-0.3, -0.25) is 4.79 Å². The fraction of sp³-hybridized carbons (Fsp3) is 0.462. The average molecular weight is 494 g/mol. The summed E-state index contributed by atoms with van der Waals surface area (Å²) in [5.41, 5.74) is 2.10. The summed E-state index contributed by atoms with van der Waals surface area (Å²) in [7, 11) is 5.35. The molecule has 0 radical (unpaired) electrons. The molecule has 2 rings (SSSR count). The maximum atomic E-state index is 13.3. The molecule has 0 aliphatic heterocycles. The molecule has 1 N–H and O–H groups in total. The smallest absolute Gasteiger partial charge is 0.374 e. The highest BCUT2D eigenvalue weighted by molar-refractivity contribution is 5.77. The zero-order valence-electron chi connectivity index (χ0n) is 20.3. The van der Waals surface area contributed by atoms with Gasteiger partial charge in [0, 0.05) is 19.4 Å². The zero-order valence-corrected chi connectivity index (χ0v) is 20.3. The largest absolute Gasteiger partial charge is 0.497 e. The number of rotatable bonds is 15. The topological polar surface area (TPSA) is 85.3 Å². The van der Waals surface area contributed by atoms with Gasteiger partial charge < -0.3 is 24.2 Å². The number of benzene rings is 2. The maximum absolute atomic E-state index is 13.3. The van der Waals surface area contributed by atoms with Crippen LogP contribution in [0.15, 0.2) is 48.5 Å². The molecule has 0 amide bonds. The molecule has 0 aliphatic rings. The third-order valence-electron chi connectivity index (χ3n) is 5.37. The van der Waals surface area contributed by atoms with E-state index in [4.69, 9.17) is 19.3 Å². The van der Waals surface area contributed by atoms with Crippen LogP contribution >= 0.6 is 0 Å². The molecule has 0 fully saturated rings. The van der Waals surface area contributed by atoms with E-state index >= 15 is 0 Å². The van der Waals surface area contributed by atoms with Crippen LogP contribution in [0.2, 0.25) is 0 Å². The number of carboxylic acids is 1. The van der Waals surface area contributed by atoms with Gasteiger partial charge in [0.15, 0.2) is 0 Å². The van der Waals surface area contributed by atoms with E-state index in [-0.39, 0.29) is 6.61 Å². The van der Waals surface area contributed by atoms with Crippen molar-refractivity contribution in [3.8, 4) is 11.5 Å². The van der Waals surface area contributed by atoms with Gasteiger partial charge in [-0.1, -0.05) is 30.3 Å². The van der Waals surface area contributed by atoms with Gasteiger partial charge in [0.05, 0.1) is 13.5 Å². The Morgan fingerprint density at radius 1 is 1.09 bits per heavy atom. The summed E-state index contributed by atoms with van der Waals surface area (Å²) in [6.45, 7) is 0.634. The number of esters is 1. The molecular weight excluding hydrogens is 460 g/mol. The molecule has 1 atom stereocenters. The fourth-order valence-electron chi connectivity index (χ4n) is 3.33. The molecule has 0 spiro atoms. The Bertz CT molecular complexity index is 966. The first-order valence-corrected chi connectivity index (χ1v) is 11.4. The van der Waals surface area contributed by atoms with Gasteiger partial charge in [-0.15, -0.1) is 0 Å². The first-order chi connectivity index (χ1) is 16.6. The second-order valence-corrected chi connectivity index (χ2v) is 8.48. The molecule has 0 saturated carbocycles. The predicted molar refractivity (Wildman–Crippen MR) is 127 cm³/mol. The van der Waals surface area contributed by atoms with Crippen molar-refractivity contribution in [3.63, 3.8) is 0 Å². The summed E-state index contributed by atoms with van der Waals surface area (Å²) in [6.07, 6.45) is -0.566. The number of carbonyl (C=O) groups excluding carboxylic acids is 1. The number of hydrogen-bond acceptors (Lipinski definition) is 6. The van der Waals surface area contributed by atoms with E-state index in [1.165, 1.54) is 0 Å². The van der Waals surface area contributed by atoms with E-state index in [1.807, 2.05) is 67.5 Å². The van der Waals surface area contributed by atoms with Crippen molar-refractivity contribution < 1.29 is 37.7 Å². The first-order valence-electron chi connectivity index (χ1n) is 11.4. The number of alkyl halides is 2. The van der Waals surface area contributed by atoms with E-state index < -0.39 is 36.8 Å². The molecule has 35 heavy (non-hydrogen) atoms. The van der Waals surface area contributed by atoms with Gasteiger partial charge in [-0.2, -0.15) is 8.78 Å². The van der Waals surface area contributed by atoms with Crippen LogP contribution < -0.4 is 9.47 Å². The van der Waals surface area contributed by atoms with Crippen molar-refractivity contribution in [2.75, 3.05) is 34.4 Å². The van der Waals surface area contributed by atoms with E-state index in [2.05, 4.69) is 0 Å². The Morgan fingerprint density at radius 2 is 1.83 bits per heavy atom. The summed E-state index contributed by atoms with van der Waals surface area (Å²) < 4.78 is 43.2. The molecular formula is C26H33F2NO6. The molecule has 0 saturated heterocycles. The van der Waals surface area contributed by atoms with Crippen LogP contribution in [0.3, 0.4) is 0 Å². The van der Waals surface area contributed by atoms with Crippen LogP contribution in [0, 0.1) is 0 Å². The number of methoxy groups -OCH3 is 1. The number of carboxylic acid groups (broad SMARTS) is 1. The standard InChI is InChI=1S/C26H33F2NO6/c1-29(2)16-14-22(35-24(30)13-15-26(27,28)25(31)32)18-34-23-10-5-4-8-20(23)12-11-19-7-6-9-21(17-19)33-3/h4-10,17,22H,11-16,18H2,1-3H3,(H,31,32)/t22-/m1/s1. The van der Waals surface area contributed by atoms with Crippen molar-refractivity contribution >= 4 is 11.9 Å². The molecule has 7 nitrogen and oxygen atoms in total. The molecule has 2 aromatic carbocycles. The number of aliphatic carboxylic acids is 1. The molecule has 0 bridgehead atoms. The molecule has 0 aliphatic carbocycles. The monoisotopic (exact) mass is 493 g/mol. The molecule has 9 heteroatoms. The number of aryl methyl sites for hydroxylation is 2. The Hall–Kier alpha value is -3.20. The molecule has 192 valence electrons. The van der Waals surface area contributed by atoms with Crippen LogP contribution in [0.4, 0.5) is 8.78 Å². The lowest BCUT2D eigenvalue weighted by molar-refractivity contribution is -0.168. The van der Waals surface area contributed by atoms with Gasteiger partial charge in [0.2, 0.25) is 0 Å². The van der Waals surface area contributed by atoms with Gasteiger partial charge in [-0.25, -0.2) is 4.79 Å². The Morgan fingerprint density at radius 3 is 2.51 bits per heavy atom.